The molecule has 1 fully saturated rings. The van der Waals surface area contributed by atoms with Crippen LogP contribution in [0.1, 0.15) is 56.3 Å². The molecule has 1 amide bonds. The van der Waals surface area contributed by atoms with Crippen molar-refractivity contribution < 1.29 is 4.79 Å². The summed E-state index contributed by atoms with van der Waals surface area (Å²) >= 11 is 0. The van der Waals surface area contributed by atoms with Crippen LogP contribution in [0.5, 0.6) is 0 Å². The van der Waals surface area contributed by atoms with Crippen molar-refractivity contribution >= 4 is 17.3 Å². The summed E-state index contributed by atoms with van der Waals surface area (Å²) in [5.41, 5.74) is 8.62. The molecule has 0 radical (unpaired) electrons. The number of anilines is 2. The topological polar surface area (TPSA) is 58.4 Å². The Morgan fingerprint density at radius 1 is 1.29 bits per heavy atom. The standard InChI is InChI=1S/C17H27N3O/c1-3-19-17(21)13-10-11-16(15(18)12-13)20(4-2)14-8-6-5-7-9-14/h10-12,14H,3-9,18H2,1-2H3,(H,19,21). The molecule has 0 spiro atoms. The van der Waals surface area contributed by atoms with Gasteiger partial charge in [-0.2, -0.15) is 0 Å². The normalized spacial score (nSPS) is 15.7. The Morgan fingerprint density at radius 2 is 2.00 bits per heavy atom. The second-order valence-electron chi connectivity index (χ2n) is 5.71. The molecule has 2 rings (SSSR count). The van der Waals surface area contributed by atoms with Gasteiger partial charge in [0.2, 0.25) is 0 Å². The molecule has 4 nitrogen and oxygen atoms in total. The maximum Gasteiger partial charge on any atom is 0.251 e. The van der Waals surface area contributed by atoms with Gasteiger partial charge in [-0.25, -0.2) is 0 Å². The minimum atomic E-state index is -0.0588. The summed E-state index contributed by atoms with van der Waals surface area (Å²) in [5, 5.41) is 2.81. The molecule has 3 N–H and O–H groups in total. The lowest BCUT2D eigenvalue weighted by Crippen LogP contribution is -2.37. The number of nitrogens with two attached hydrogens (primary N) is 1. The molecule has 1 aromatic carbocycles. The smallest absolute Gasteiger partial charge is 0.251 e. The SMILES string of the molecule is CCNC(=O)c1ccc(N(CC)C2CCCCC2)c(N)c1. The van der Waals surface area contributed by atoms with Crippen LogP contribution in [0.4, 0.5) is 11.4 Å². The summed E-state index contributed by atoms with van der Waals surface area (Å²) in [4.78, 5) is 14.3. The van der Waals surface area contributed by atoms with Crippen LogP contribution in [0, 0.1) is 0 Å². The lowest BCUT2D eigenvalue weighted by molar-refractivity contribution is 0.0956. The van der Waals surface area contributed by atoms with E-state index in [2.05, 4.69) is 17.1 Å². The van der Waals surface area contributed by atoms with Crippen LogP contribution in [0.2, 0.25) is 0 Å². The van der Waals surface area contributed by atoms with Gasteiger partial charge >= 0.3 is 0 Å². The Labute approximate surface area is 127 Å². The number of nitrogen functional groups attached to an aromatic ring is 1. The quantitative estimate of drug-likeness (QED) is 0.819. The highest BCUT2D eigenvalue weighted by molar-refractivity contribution is 5.96. The first-order valence-electron chi connectivity index (χ1n) is 8.11. The van der Waals surface area contributed by atoms with Crippen LogP contribution in [-0.2, 0) is 0 Å². The summed E-state index contributed by atoms with van der Waals surface area (Å²) in [5.74, 6) is -0.0588. The minimum absolute atomic E-state index is 0.0588. The highest BCUT2D eigenvalue weighted by Gasteiger charge is 2.22. The Balaban J connectivity index is 2.19. The maximum absolute atomic E-state index is 11.9. The largest absolute Gasteiger partial charge is 0.397 e. The monoisotopic (exact) mass is 289 g/mol. The highest BCUT2D eigenvalue weighted by atomic mass is 16.1. The number of carbonyl (C=O) groups is 1. The van der Waals surface area contributed by atoms with E-state index in [1.807, 2.05) is 19.1 Å². The molecule has 4 heteroatoms. The van der Waals surface area contributed by atoms with E-state index < -0.39 is 0 Å². The van der Waals surface area contributed by atoms with Gasteiger partial charge in [0.15, 0.2) is 0 Å². The predicted octanol–water partition coefficient (Wildman–Crippen LogP) is 3.18. The number of benzene rings is 1. The van der Waals surface area contributed by atoms with Crippen LogP contribution in [0.15, 0.2) is 18.2 Å². The fourth-order valence-electron chi connectivity index (χ4n) is 3.24. The molecule has 0 aromatic heterocycles. The lowest BCUT2D eigenvalue weighted by atomic mass is 9.93. The number of carbonyl (C=O) groups excluding carboxylic acids is 1. The summed E-state index contributed by atoms with van der Waals surface area (Å²) in [6.45, 7) is 5.67. The maximum atomic E-state index is 11.9. The molecule has 21 heavy (non-hydrogen) atoms. The van der Waals surface area contributed by atoms with Crippen molar-refractivity contribution in [1.29, 1.82) is 0 Å². The third-order valence-corrected chi connectivity index (χ3v) is 4.29. The predicted molar refractivity (Wildman–Crippen MR) is 88.8 cm³/mol. The zero-order chi connectivity index (χ0) is 15.2. The van der Waals surface area contributed by atoms with Crippen LogP contribution in [-0.4, -0.2) is 25.0 Å². The van der Waals surface area contributed by atoms with Crippen LogP contribution in [0.3, 0.4) is 0 Å². The zero-order valence-corrected chi connectivity index (χ0v) is 13.2. The van der Waals surface area contributed by atoms with Gasteiger partial charge in [0.05, 0.1) is 11.4 Å². The van der Waals surface area contributed by atoms with Crippen LogP contribution < -0.4 is 16.0 Å². The van der Waals surface area contributed by atoms with Gasteiger partial charge in [-0.05, 0) is 44.9 Å². The number of amides is 1. The molecule has 1 aliphatic carbocycles. The highest BCUT2D eigenvalue weighted by Crippen LogP contribution is 2.31. The van der Waals surface area contributed by atoms with E-state index in [0.29, 0.717) is 23.8 Å². The Bertz CT molecular complexity index is 481. The van der Waals surface area contributed by atoms with Gasteiger partial charge < -0.3 is 16.0 Å². The van der Waals surface area contributed by atoms with E-state index in [-0.39, 0.29) is 5.91 Å². The summed E-state index contributed by atoms with van der Waals surface area (Å²) in [6.07, 6.45) is 6.44. The molecular weight excluding hydrogens is 262 g/mol. The number of hydrogen-bond acceptors (Lipinski definition) is 3. The van der Waals surface area contributed by atoms with Crippen molar-refractivity contribution in [2.24, 2.45) is 0 Å². The Hall–Kier alpha value is -1.71. The zero-order valence-electron chi connectivity index (χ0n) is 13.2. The molecule has 0 aliphatic heterocycles. The van der Waals surface area contributed by atoms with Crippen molar-refractivity contribution in [3.63, 3.8) is 0 Å². The molecule has 1 aliphatic rings. The Kier molecular flexibility index (Phi) is 5.48. The minimum Gasteiger partial charge on any atom is -0.397 e. The van der Waals surface area contributed by atoms with Crippen molar-refractivity contribution in [3.8, 4) is 0 Å². The first-order chi connectivity index (χ1) is 10.2. The van der Waals surface area contributed by atoms with Crippen molar-refractivity contribution in [3.05, 3.63) is 23.8 Å². The van der Waals surface area contributed by atoms with E-state index in [4.69, 9.17) is 5.73 Å². The fraction of sp³-hybridized carbons (Fsp3) is 0.588. The molecule has 0 bridgehead atoms. The van der Waals surface area contributed by atoms with Gasteiger partial charge in [-0.15, -0.1) is 0 Å². The van der Waals surface area contributed by atoms with Crippen molar-refractivity contribution in [1.82, 2.24) is 5.32 Å². The second kappa shape index (κ2) is 7.34. The van der Waals surface area contributed by atoms with E-state index in [9.17, 15) is 4.79 Å². The number of hydrogen-bond donors (Lipinski definition) is 2. The third kappa shape index (κ3) is 3.69. The van der Waals surface area contributed by atoms with Gasteiger partial charge in [0, 0.05) is 24.7 Å². The van der Waals surface area contributed by atoms with Gasteiger partial charge in [-0.3, -0.25) is 4.79 Å². The van der Waals surface area contributed by atoms with Crippen LogP contribution in [0.25, 0.3) is 0 Å². The summed E-state index contributed by atoms with van der Waals surface area (Å²) < 4.78 is 0. The van der Waals surface area contributed by atoms with E-state index in [0.717, 1.165) is 12.2 Å². The van der Waals surface area contributed by atoms with Gasteiger partial charge in [0.25, 0.3) is 5.91 Å². The molecule has 0 unspecified atom stereocenters. The molecule has 1 aromatic rings. The van der Waals surface area contributed by atoms with Gasteiger partial charge in [0.1, 0.15) is 0 Å². The number of nitrogens with zero attached hydrogens (tertiary/aromatic N) is 1. The average molecular weight is 289 g/mol. The first-order valence-corrected chi connectivity index (χ1v) is 8.11. The number of rotatable bonds is 5. The average Bonchev–Trinajstić information content (AvgIpc) is 2.51. The molecule has 116 valence electrons. The molecular formula is C17H27N3O. The number of nitrogens with one attached hydrogen (secondary N) is 1. The fourth-order valence-corrected chi connectivity index (χ4v) is 3.24. The second-order valence-corrected chi connectivity index (χ2v) is 5.71. The molecule has 0 atom stereocenters. The van der Waals surface area contributed by atoms with E-state index in [1.54, 1.807) is 6.07 Å². The summed E-state index contributed by atoms with van der Waals surface area (Å²) in [6, 6.07) is 6.26. The van der Waals surface area contributed by atoms with Gasteiger partial charge in [-0.1, -0.05) is 19.3 Å². The molecule has 0 saturated heterocycles. The first kappa shape index (κ1) is 15.7. The molecule has 1 saturated carbocycles. The van der Waals surface area contributed by atoms with Crippen LogP contribution >= 0.6 is 0 Å². The van der Waals surface area contributed by atoms with Crippen molar-refractivity contribution in [2.75, 3.05) is 23.7 Å². The summed E-state index contributed by atoms with van der Waals surface area (Å²) in [7, 11) is 0. The van der Waals surface area contributed by atoms with E-state index >= 15 is 0 Å². The molecule has 0 heterocycles. The Morgan fingerprint density at radius 3 is 2.57 bits per heavy atom. The van der Waals surface area contributed by atoms with Crippen molar-refractivity contribution in [2.45, 2.75) is 52.0 Å². The van der Waals surface area contributed by atoms with E-state index in [1.165, 1.54) is 32.1 Å². The third-order valence-electron chi connectivity index (χ3n) is 4.29. The lowest BCUT2D eigenvalue weighted by Gasteiger charge is -2.36.